The van der Waals surface area contributed by atoms with Crippen LogP contribution in [0.3, 0.4) is 0 Å². The van der Waals surface area contributed by atoms with Crippen molar-refractivity contribution in [1.82, 2.24) is 9.44 Å². The van der Waals surface area contributed by atoms with Crippen LogP contribution in [-0.4, -0.2) is 35.2 Å². The quantitative estimate of drug-likeness (QED) is 0.631. The van der Waals surface area contributed by atoms with Crippen molar-refractivity contribution in [3.05, 3.63) is 24.3 Å². The molecule has 0 fully saturated rings. The van der Waals surface area contributed by atoms with E-state index < -0.39 is 25.6 Å². The molecule has 4 N–H and O–H groups in total. The third-order valence-electron chi connectivity index (χ3n) is 2.33. The molecule has 0 heterocycles. The van der Waals surface area contributed by atoms with Gasteiger partial charge in [-0.25, -0.2) is 26.3 Å². The van der Waals surface area contributed by atoms with Crippen LogP contribution in [0.2, 0.25) is 0 Å². The molecule has 0 atom stereocenters. The molecule has 0 unspecified atom stereocenters. The fourth-order valence-corrected chi connectivity index (χ4v) is 3.92. The van der Waals surface area contributed by atoms with Crippen LogP contribution in [0, 0.1) is 0 Å². The zero-order valence-corrected chi connectivity index (χ0v) is 13.2. The fourth-order valence-electron chi connectivity index (χ4n) is 1.58. The standard InChI is InChI=1S/C11H19N3O4S2/c1-11(2,14-19(3,15)16)8-13-20(17,18)10-6-4-5-9(12)7-10/h4-7,13-14H,8,12H2,1-3H3. The van der Waals surface area contributed by atoms with Crippen LogP contribution in [0.1, 0.15) is 13.8 Å². The predicted molar refractivity (Wildman–Crippen MR) is 78.1 cm³/mol. The minimum atomic E-state index is -3.74. The summed E-state index contributed by atoms with van der Waals surface area (Å²) in [5.41, 5.74) is 4.93. The highest BCUT2D eigenvalue weighted by Gasteiger charge is 2.25. The number of hydrogen-bond donors (Lipinski definition) is 3. The van der Waals surface area contributed by atoms with Gasteiger partial charge in [0.05, 0.1) is 11.2 Å². The zero-order valence-electron chi connectivity index (χ0n) is 11.5. The number of nitrogen functional groups attached to an aromatic ring is 1. The highest BCUT2D eigenvalue weighted by Crippen LogP contribution is 2.13. The molecule has 7 nitrogen and oxygen atoms in total. The van der Waals surface area contributed by atoms with Crippen molar-refractivity contribution in [2.24, 2.45) is 0 Å². The van der Waals surface area contributed by atoms with E-state index in [1.165, 1.54) is 18.2 Å². The van der Waals surface area contributed by atoms with Gasteiger partial charge in [0.2, 0.25) is 20.0 Å². The van der Waals surface area contributed by atoms with E-state index in [0.29, 0.717) is 5.69 Å². The summed E-state index contributed by atoms with van der Waals surface area (Å²) in [6.07, 6.45) is 1.02. The monoisotopic (exact) mass is 321 g/mol. The van der Waals surface area contributed by atoms with E-state index in [0.717, 1.165) is 6.26 Å². The van der Waals surface area contributed by atoms with Gasteiger partial charge in [-0.05, 0) is 32.0 Å². The molecule has 0 spiro atoms. The van der Waals surface area contributed by atoms with Crippen molar-refractivity contribution >= 4 is 25.7 Å². The Kier molecular flexibility index (Phi) is 4.80. The maximum absolute atomic E-state index is 12.1. The average molecular weight is 321 g/mol. The van der Waals surface area contributed by atoms with Crippen molar-refractivity contribution in [2.45, 2.75) is 24.3 Å². The topological polar surface area (TPSA) is 118 Å². The lowest BCUT2D eigenvalue weighted by molar-refractivity contribution is 0.446. The Hall–Kier alpha value is -1.16. The first-order valence-corrected chi connectivity index (χ1v) is 9.13. The lowest BCUT2D eigenvalue weighted by Crippen LogP contribution is -2.50. The summed E-state index contributed by atoms with van der Waals surface area (Å²) in [7, 11) is -7.16. The third kappa shape index (κ3) is 5.45. The molecule has 0 aliphatic rings. The van der Waals surface area contributed by atoms with Crippen LogP contribution >= 0.6 is 0 Å². The van der Waals surface area contributed by atoms with Crippen LogP contribution in [0.4, 0.5) is 5.69 Å². The predicted octanol–water partition coefficient (Wildman–Crippen LogP) is -0.125. The van der Waals surface area contributed by atoms with Crippen LogP contribution in [0.15, 0.2) is 29.2 Å². The Morgan fingerprint density at radius 2 is 1.80 bits per heavy atom. The van der Waals surface area contributed by atoms with Crippen LogP contribution < -0.4 is 15.2 Å². The Morgan fingerprint density at radius 3 is 2.30 bits per heavy atom. The van der Waals surface area contributed by atoms with E-state index >= 15 is 0 Å². The number of hydrogen-bond acceptors (Lipinski definition) is 5. The molecule has 0 saturated heterocycles. The number of nitrogens with one attached hydrogen (secondary N) is 2. The molecule has 0 radical (unpaired) electrons. The first-order chi connectivity index (χ1) is 8.91. The number of rotatable bonds is 6. The largest absolute Gasteiger partial charge is 0.399 e. The molecule has 1 aromatic carbocycles. The van der Waals surface area contributed by atoms with Crippen LogP contribution in [0.5, 0.6) is 0 Å². The second-order valence-electron chi connectivity index (χ2n) is 5.16. The molecular formula is C11H19N3O4S2. The molecule has 0 aromatic heterocycles. The highest BCUT2D eigenvalue weighted by atomic mass is 32.2. The van der Waals surface area contributed by atoms with E-state index in [9.17, 15) is 16.8 Å². The maximum atomic E-state index is 12.1. The van der Waals surface area contributed by atoms with E-state index in [4.69, 9.17) is 5.73 Å². The third-order valence-corrected chi connectivity index (χ3v) is 4.66. The van der Waals surface area contributed by atoms with E-state index in [1.54, 1.807) is 19.9 Å². The van der Waals surface area contributed by atoms with Gasteiger partial charge in [-0.1, -0.05) is 6.07 Å². The van der Waals surface area contributed by atoms with E-state index in [1.807, 2.05) is 0 Å². The van der Waals surface area contributed by atoms with Gasteiger partial charge in [0.25, 0.3) is 0 Å². The average Bonchev–Trinajstić information content (AvgIpc) is 2.24. The molecule has 20 heavy (non-hydrogen) atoms. The van der Waals surface area contributed by atoms with Crippen molar-refractivity contribution in [3.63, 3.8) is 0 Å². The van der Waals surface area contributed by atoms with Gasteiger partial charge in [-0.2, -0.15) is 0 Å². The molecule has 1 rings (SSSR count). The Bertz CT molecular complexity index is 681. The highest BCUT2D eigenvalue weighted by molar-refractivity contribution is 7.89. The zero-order chi connectivity index (χ0) is 15.6. The number of anilines is 1. The van der Waals surface area contributed by atoms with E-state index in [2.05, 4.69) is 9.44 Å². The molecule has 0 aliphatic heterocycles. The molecular weight excluding hydrogens is 302 g/mol. The number of sulfonamides is 2. The normalized spacial score (nSPS) is 13.3. The lowest BCUT2D eigenvalue weighted by atomic mass is 10.1. The van der Waals surface area contributed by atoms with Gasteiger partial charge in [-0.3, -0.25) is 0 Å². The van der Waals surface area contributed by atoms with Gasteiger partial charge < -0.3 is 5.73 Å². The summed E-state index contributed by atoms with van der Waals surface area (Å²) in [6, 6.07) is 5.85. The van der Waals surface area contributed by atoms with Crippen LogP contribution in [0.25, 0.3) is 0 Å². The van der Waals surface area contributed by atoms with Gasteiger partial charge in [0.1, 0.15) is 0 Å². The molecule has 0 amide bonds. The number of nitrogens with two attached hydrogens (primary N) is 1. The Labute approximate surface area is 119 Å². The second-order valence-corrected chi connectivity index (χ2v) is 8.67. The minimum absolute atomic E-state index is 0.0349. The van der Waals surface area contributed by atoms with Gasteiger partial charge in [0.15, 0.2) is 0 Å². The molecule has 0 saturated carbocycles. The number of benzene rings is 1. The second kappa shape index (κ2) is 5.68. The molecule has 114 valence electrons. The summed E-state index contributed by atoms with van der Waals surface area (Å²) in [4.78, 5) is 0.0349. The molecule has 0 aliphatic carbocycles. The lowest BCUT2D eigenvalue weighted by Gasteiger charge is -2.25. The van der Waals surface area contributed by atoms with Crippen molar-refractivity contribution in [3.8, 4) is 0 Å². The van der Waals surface area contributed by atoms with Crippen LogP contribution in [-0.2, 0) is 20.0 Å². The minimum Gasteiger partial charge on any atom is -0.399 e. The Morgan fingerprint density at radius 1 is 1.20 bits per heavy atom. The summed E-state index contributed by atoms with van der Waals surface area (Å²) in [6.45, 7) is 3.07. The van der Waals surface area contributed by atoms with Crippen molar-refractivity contribution in [1.29, 1.82) is 0 Å². The first-order valence-electron chi connectivity index (χ1n) is 5.75. The maximum Gasteiger partial charge on any atom is 0.240 e. The molecule has 0 bridgehead atoms. The summed E-state index contributed by atoms with van der Waals surface area (Å²) < 4.78 is 51.2. The summed E-state index contributed by atoms with van der Waals surface area (Å²) in [5, 5.41) is 0. The SMILES string of the molecule is CC(C)(CNS(=O)(=O)c1cccc(N)c1)NS(C)(=O)=O. The molecule has 1 aromatic rings. The van der Waals surface area contributed by atoms with Gasteiger partial charge in [-0.15, -0.1) is 0 Å². The first kappa shape index (κ1) is 16.9. The smallest absolute Gasteiger partial charge is 0.240 e. The Balaban J connectivity index is 2.83. The van der Waals surface area contributed by atoms with Crippen molar-refractivity contribution in [2.75, 3.05) is 18.5 Å². The molecule has 9 heteroatoms. The summed E-state index contributed by atoms with van der Waals surface area (Å²) in [5.74, 6) is 0. The summed E-state index contributed by atoms with van der Waals surface area (Å²) >= 11 is 0. The van der Waals surface area contributed by atoms with Gasteiger partial charge >= 0.3 is 0 Å². The van der Waals surface area contributed by atoms with E-state index in [-0.39, 0.29) is 11.4 Å². The fraction of sp³-hybridized carbons (Fsp3) is 0.455. The van der Waals surface area contributed by atoms with Crippen molar-refractivity contribution < 1.29 is 16.8 Å². The van der Waals surface area contributed by atoms with Gasteiger partial charge in [0, 0.05) is 17.8 Å².